The predicted octanol–water partition coefficient (Wildman–Crippen LogP) is 3.10. The van der Waals surface area contributed by atoms with E-state index in [2.05, 4.69) is 51.8 Å². The van der Waals surface area contributed by atoms with Crippen molar-refractivity contribution in [2.75, 3.05) is 24.2 Å². The first-order valence-corrected chi connectivity index (χ1v) is 6.92. The first kappa shape index (κ1) is 14.3. The number of nitrogens with one attached hydrogen (secondary N) is 2. The first-order chi connectivity index (χ1) is 9.60. The van der Waals surface area contributed by atoms with E-state index in [1.54, 1.807) is 0 Å². The largest absolute Gasteiger partial charge is 0.373 e. The third-order valence-electron chi connectivity index (χ3n) is 3.28. The molecular weight excluding hydrogens is 248 g/mol. The zero-order valence-corrected chi connectivity index (χ0v) is 12.6. The Kier molecular flexibility index (Phi) is 4.56. The molecule has 1 heterocycles. The number of hydrogen-bond donors (Lipinski definition) is 2. The molecule has 1 aromatic heterocycles. The minimum absolute atomic E-state index is 0.776. The van der Waals surface area contributed by atoms with E-state index in [-0.39, 0.29) is 0 Å². The summed E-state index contributed by atoms with van der Waals surface area (Å²) < 4.78 is 0. The lowest BCUT2D eigenvalue weighted by molar-refractivity contribution is 0.969. The maximum atomic E-state index is 4.47. The van der Waals surface area contributed by atoms with Gasteiger partial charge in [-0.1, -0.05) is 29.8 Å². The van der Waals surface area contributed by atoms with Crippen molar-refractivity contribution in [3.05, 3.63) is 46.8 Å². The summed E-state index contributed by atoms with van der Waals surface area (Å²) >= 11 is 0. The van der Waals surface area contributed by atoms with Crippen LogP contribution in [-0.2, 0) is 6.42 Å². The minimum atomic E-state index is 0.776. The molecule has 0 aliphatic heterocycles. The van der Waals surface area contributed by atoms with Crippen LogP contribution in [-0.4, -0.2) is 23.6 Å². The lowest BCUT2D eigenvalue weighted by Gasteiger charge is -2.12. The molecule has 20 heavy (non-hydrogen) atoms. The standard InChI is InChI=1S/C16H22N4/c1-11-6-5-7-14(10-11)8-9-18-16-12(2)15(17-4)19-13(3)20-16/h5-7,10H,8-9H2,1-4H3,(H2,17,18,19,20). The average Bonchev–Trinajstić information content (AvgIpc) is 2.42. The van der Waals surface area contributed by atoms with Crippen molar-refractivity contribution in [2.45, 2.75) is 27.2 Å². The Morgan fingerprint density at radius 3 is 2.50 bits per heavy atom. The van der Waals surface area contributed by atoms with E-state index >= 15 is 0 Å². The molecule has 0 fully saturated rings. The normalized spacial score (nSPS) is 10.4. The number of anilines is 2. The summed E-state index contributed by atoms with van der Waals surface area (Å²) in [5.74, 6) is 2.57. The summed E-state index contributed by atoms with van der Waals surface area (Å²) in [5, 5.41) is 6.51. The number of rotatable bonds is 5. The number of benzene rings is 1. The van der Waals surface area contributed by atoms with Gasteiger partial charge in [-0.05, 0) is 32.8 Å². The van der Waals surface area contributed by atoms with E-state index in [1.165, 1.54) is 11.1 Å². The Bertz CT molecular complexity index is 593. The molecule has 0 saturated carbocycles. The van der Waals surface area contributed by atoms with Crippen LogP contribution in [0.15, 0.2) is 24.3 Å². The molecule has 0 amide bonds. The Labute approximate surface area is 120 Å². The van der Waals surface area contributed by atoms with Gasteiger partial charge in [-0.3, -0.25) is 0 Å². The molecule has 0 spiro atoms. The quantitative estimate of drug-likeness (QED) is 0.876. The fourth-order valence-electron chi connectivity index (χ4n) is 2.24. The van der Waals surface area contributed by atoms with Crippen LogP contribution in [0.5, 0.6) is 0 Å². The smallest absolute Gasteiger partial charge is 0.134 e. The summed E-state index contributed by atoms with van der Waals surface area (Å²) in [6.07, 6.45) is 0.985. The molecule has 0 atom stereocenters. The van der Waals surface area contributed by atoms with Crippen LogP contribution >= 0.6 is 0 Å². The predicted molar refractivity (Wildman–Crippen MR) is 84.4 cm³/mol. The van der Waals surface area contributed by atoms with Crippen molar-refractivity contribution < 1.29 is 0 Å². The lowest BCUT2D eigenvalue weighted by atomic mass is 10.1. The summed E-state index contributed by atoms with van der Waals surface area (Å²) in [6.45, 7) is 6.92. The highest BCUT2D eigenvalue weighted by Gasteiger charge is 2.07. The van der Waals surface area contributed by atoms with Gasteiger partial charge in [0.1, 0.15) is 17.5 Å². The highest BCUT2D eigenvalue weighted by atomic mass is 15.1. The van der Waals surface area contributed by atoms with E-state index in [4.69, 9.17) is 0 Å². The molecule has 4 nitrogen and oxygen atoms in total. The molecule has 0 unspecified atom stereocenters. The molecule has 2 aromatic rings. The average molecular weight is 270 g/mol. The highest BCUT2D eigenvalue weighted by molar-refractivity contribution is 5.56. The fraction of sp³-hybridized carbons (Fsp3) is 0.375. The van der Waals surface area contributed by atoms with Gasteiger partial charge >= 0.3 is 0 Å². The summed E-state index contributed by atoms with van der Waals surface area (Å²) in [6, 6.07) is 8.60. The minimum Gasteiger partial charge on any atom is -0.373 e. The topological polar surface area (TPSA) is 49.8 Å². The van der Waals surface area contributed by atoms with E-state index in [0.29, 0.717) is 0 Å². The van der Waals surface area contributed by atoms with Gasteiger partial charge < -0.3 is 10.6 Å². The van der Waals surface area contributed by atoms with Crippen molar-refractivity contribution in [3.8, 4) is 0 Å². The van der Waals surface area contributed by atoms with Gasteiger partial charge in [0.25, 0.3) is 0 Å². The second kappa shape index (κ2) is 6.37. The Morgan fingerprint density at radius 1 is 1.05 bits per heavy atom. The molecule has 0 aliphatic carbocycles. The number of aromatic nitrogens is 2. The van der Waals surface area contributed by atoms with Crippen LogP contribution in [0.4, 0.5) is 11.6 Å². The summed E-state index contributed by atoms with van der Waals surface area (Å²) in [5.41, 5.74) is 3.70. The maximum absolute atomic E-state index is 4.47. The van der Waals surface area contributed by atoms with Gasteiger partial charge in [0.15, 0.2) is 0 Å². The van der Waals surface area contributed by atoms with E-state index in [1.807, 2.05) is 20.9 Å². The van der Waals surface area contributed by atoms with Gasteiger partial charge in [-0.15, -0.1) is 0 Å². The maximum Gasteiger partial charge on any atom is 0.134 e. The van der Waals surface area contributed by atoms with Crippen LogP contribution in [0.2, 0.25) is 0 Å². The number of hydrogen-bond acceptors (Lipinski definition) is 4. The van der Waals surface area contributed by atoms with Crippen molar-refractivity contribution in [3.63, 3.8) is 0 Å². The van der Waals surface area contributed by atoms with Crippen LogP contribution < -0.4 is 10.6 Å². The van der Waals surface area contributed by atoms with Crippen molar-refractivity contribution in [1.82, 2.24) is 9.97 Å². The van der Waals surface area contributed by atoms with E-state index in [9.17, 15) is 0 Å². The number of aryl methyl sites for hydroxylation is 2. The third kappa shape index (κ3) is 3.47. The Morgan fingerprint density at radius 2 is 1.80 bits per heavy atom. The zero-order chi connectivity index (χ0) is 14.5. The lowest BCUT2D eigenvalue weighted by Crippen LogP contribution is -2.11. The van der Waals surface area contributed by atoms with Crippen molar-refractivity contribution in [2.24, 2.45) is 0 Å². The molecule has 0 saturated heterocycles. The monoisotopic (exact) mass is 270 g/mol. The number of nitrogens with zero attached hydrogens (tertiary/aromatic N) is 2. The molecule has 4 heteroatoms. The summed E-state index contributed by atoms with van der Waals surface area (Å²) in [4.78, 5) is 8.84. The van der Waals surface area contributed by atoms with Gasteiger partial charge in [0.2, 0.25) is 0 Å². The van der Waals surface area contributed by atoms with Crippen molar-refractivity contribution >= 4 is 11.6 Å². The Balaban J connectivity index is 2.02. The van der Waals surface area contributed by atoms with Crippen LogP contribution in [0.25, 0.3) is 0 Å². The summed E-state index contributed by atoms with van der Waals surface area (Å²) in [7, 11) is 1.88. The second-order valence-electron chi connectivity index (χ2n) is 5.01. The molecule has 1 aromatic carbocycles. The Hall–Kier alpha value is -2.10. The molecule has 0 radical (unpaired) electrons. The fourth-order valence-corrected chi connectivity index (χ4v) is 2.24. The van der Waals surface area contributed by atoms with Crippen LogP contribution in [0, 0.1) is 20.8 Å². The first-order valence-electron chi connectivity index (χ1n) is 6.92. The molecular formula is C16H22N4. The van der Waals surface area contributed by atoms with Crippen LogP contribution in [0.1, 0.15) is 22.5 Å². The van der Waals surface area contributed by atoms with Crippen molar-refractivity contribution in [1.29, 1.82) is 0 Å². The molecule has 0 aliphatic rings. The molecule has 2 N–H and O–H groups in total. The third-order valence-corrected chi connectivity index (χ3v) is 3.28. The molecule has 106 valence electrons. The molecule has 2 rings (SSSR count). The van der Waals surface area contributed by atoms with E-state index in [0.717, 1.165) is 36.0 Å². The van der Waals surface area contributed by atoms with Gasteiger partial charge in [-0.2, -0.15) is 0 Å². The van der Waals surface area contributed by atoms with Crippen LogP contribution in [0.3, 0.4) is 0 Å². The highest BCUT2D eigenvalue weighted by Crippen LogP contribution is 2.19. The van der Waals surface area contributed by atoms with Gasteiger partial charge in [-0.25, -0.2) is 9.97 Å². The SMILES string of the molecule is CNc1nc(C)nc(NCCc2cccc(C)c2)c1C. The zero-order valence-electron chi connectivity index (χ0n) is 12.6. The van der Waals surface area contributed by atoms with Gasteiger partial charge in [0, 0.05) is 19.2 Å². The van der Waals surface area contributed by atoms with Gasteiger partial charge in [0.05, 0.1) is 0 Å². The van der Waals surface area contributed by atoms with E-state index < -0.39 is 0 Å². The molecule has 0 bridgehead atoms. The second-order valence-corrected chi connectivity index (χ2v) is 5.01.